The Balaban J connectivity index is 1.81. The van der Waals surface area contributed by atoms with Crippen LogP contribution in [0.15, 0.2) is 18.2 Å². The summed E-state index contributed by atoms with van der Waals surface area (Å²) in [6.07, 6.45) is 2.94. The molecule has 0 aromatic heterocycles. The van der Waals surface area contributed by atoms with E-state index < -0.39 is 0 Å². The number of aliphatic hydroxyl groups excluding tert-OH is 1. The first-order chi connectivity index (χ1) is 10.2. The van der Waals surface area contributed by atoms with Crippen molar-refractivity contribution in [3.63, 3.8) is 0 Å². The first kappa shape index (κ1) is 16.1. The molecule has 1 aliphatic heterocycles. The molecule has 0 saturated carbocycles. The molecule has 21 heavy (non-hydrogen) atoms. The van der Waals surface area contributed by atoms with Gasteiger partial charge in [-0.2, -0.15) is 0 Å². The maximum Gasteiger partial charge on any atom is 0.161 e. The Labute approximate surface area is 127 Å². The lowest BCUT2D eigenvalue weighted by molar-refractivity contribution is 0.113. The molecule has 0 radical (unpaired) electrons. The number of hydrogen-bond donors (Lipinski definition) is 2. The van der Waals surface area contributed by atoms with Crippen molar-refractivity contribution < 1.29 is 14.6 Å². The van der Waals surface area contributed by atoms with E-state index in [2.05, 4.69) is 31.3 Å². The Morgan fingerprint density at radius 3 is 2.52 bits per heavy atom. The van der Waals surface area contributed by atoms with Gasteiger partial charge in [-0.15, -0.1) is 0 Å². The highest BCUT2D eigenvalue weighted by Crippen LogP contribution is 2.30. The van der Waals surface area contributed by atoms with E-state index in [0.29, 0.717) is 13.2 Å². The molecular formula is C17H27NO3. The summed E-state index contributed by atoms with van der Waals surface area (Å²) in [5.74, 6) is 1.69. The first-order valence-corrected chi connectivity index (χ1v) is 7.93. The van der Waals surface area contributed by atoms with Crippen molar-refractivity contribution in [2.24, 2.45) is 5.41 Å². The quantitative estimate of drug-likeness (QED) is 0.723. The first-order valence-electron chi connectivity index (χ1n) is 7.93. The van der Waals surface area contributed by atoms with Crippen LogP contribution in [0.25, 0.3) is 0 Å². The highest BCUT2D eigenvalue weighted by atomic mass is 16.6. The van der Waals surface area contributed by atoms with Gasteiger partial charge in [-0.05, 0) is 43.5 Å². The third kappa shape index (κ3) is 4.11. The van der Waals surface area contributed by atoms with Crippen molar-refractivity contribution in [2.45, 2.75) is 33.1 Å². The van der Waals surface area contributed by atoms with Gasteiger partial charge in [0.05, 0.1) is 0 Å². The predicted molar refractivity (Wildman–Crippen MR) is 84.1 cm³/mol. The van der Waals surface area contributed by atoms with Gasteiger partial charge in [0.25, 0.3) is 0 Å². The molecule has 2 N–H and O–H groups in total. The number of hydrogen-bond acceptors (Lipinski definition) is 4. The van der Waals surface area contributed by atoms with E-state index in [-0.39, 0.29) is 12.0 Å². The van der Waals surface area contributed by atoms with Crippen LogP contribution in [-0.2, 0) is 6.42 Å². The van der Waals surface area contributed by atoms with Gasteiger partial charge < -0.3 is 19.9 Å². The number of fused-ring (bicyclic) bond motifs is 1. The molecule has 2 rings (SSSR count). The van der Waals surface area contributed by atoms with Crippen LogP contribution in [-0.4, -0.2) is 38.0 Å². The van der Waals surface area contributed by atoms with Crippen LogP contribution in [0, 0.1) is 5.41 Å². The Kier molecular flexibility index (Phi) is 5.88. The molecule has 1 aromatic rings. The van der Waals surface area contributed by atoms with E-state index in [1.54, 1.807) is 0 Å². The monoisotopic (exact) mass is 293 g/mol. The second-order valence-corrected chi connectivity index (χ2v) is 5.77. The number of aliphatic hydroxyl groups is 1. The number of nitrogens with one attached hydrogen (secondary N) is 1. The Hall–Kier alpha value is -1.26. The minimum atomic E-state index is 0.0206. The zero-order chi connectivity index (χ0) is 15.1. The highest BCUT2D eigenvalue weighted by Gasteiger charge is 2.24. The average molecular weight is 293 g/mol. The molecule has 0 saturated heterocycles. The van der Waals surface area contributed by atoms with Gasteiger partial charge in [0.1, 0.15) is 13.2 Å². The molecule has 118 valence electrons. The number of rotatable bonds is 8. The van der Waals surface area contributed by atoms with Crippen molar-refractivity contribution in [3.8, 4) is 11.5 Å². The topological polar surface area (TPSA) is 50.7 Å². The highest BCUT2D eigenvalue weighted by molar-refractivity contribution is 5.43. The van der Waals surface area contributed by atoms with Gasteiger partial charge in [-0.3, -0.25) is 0 Å². The third-order valence-electron chi connectivity index (χ3n) is 4.53. The summed E-state index contributed by atoms with van der Waals surface area (Å²) in [4.78, 5) is 0. The molecule has 0 unspecified atom stereocenters. The number of benzene rings is 1. The predicted octanol–water partition coefficient (Wildman–Crippen LogP) is 2.39. The van der Waals surface area contributed by atoms with E-state index in [0.717, 1.165) is 43.9 Å². The molecule has 4 nitrogen and oxygen atoms in total. The standard InChI is InChI=1S/C17H27NO3/c1-3-17(4-2,13-19)12-18-8-7-14-5-6-15-16(11-14)21-10-9-20-15/h5-6,11,18-19H,3-4,7-10,12-13H2,1-2H3. The van der Waals surface area contributed by atoms with Gasteiger partial charge in [-0.25, -0.2) is 0 Å². The van der Waals surface area contributed by atoms with E-state index >= 15 is 0 Å². The lowest BCUT2D eigenvalue weighted by atomic mass is 9.83. The van der Waals surface area contributed by atoms with Crippen molar-refractivity contribution >= 4 is 0 Å². The molecule has 0 fully saturated rings. The number of ether oxygens (including phenoxy) is 2. The van der Waals surface area contributed by atoms with E-state index in [4.69, 9.17) is 9.47 Å². The van der Waals surface area contributed by atoms with Gasteiger partial charge >= 0.3 is 0 Å². The largest absolute Gasteiger partial charge is 0.486 e. The minimum absolute atomic E-state index is 0.0206. The van der Waals surface area contributed by atoms with Crippen molar-refractivity contribution in [1.82, 2.24) is 5.32 Å². The second-order valence-electron chi connectivity index (χ2n) is 5.77. The Morgan fingerprint density at radius 2 is 1.86 bits per heavy atom. The molecule has 1 aromatic carbocycles. The Morgan fingerprint density at radius 1 is 1.14 bits per heavy atom. The van der Waals surface area contributed by atoms with Gasteiger partial charge in [-0.1, -0.05) is 19.9 Å². The summed E-state index contributed by atoms with van der Waals surface area (Å²) >= 11 is 0. The maximum atomic E-state index is 9.55. The molecule has 0 aliphatic carbocycles. The van der Waals surface area contributed by atoms with E-state index in [1.165, 1.54) is 5.56 Å². The molecule has 0 spiro atoms. The van der Waals surface area contributed by atoms with Gasteiger partial charge in [0, 0.05) is 18.6 Å². The van der Waals surface area contributed by atoms with E-state index in [1.807, 2.05) is 6.07 Å². The van der Waals surface area contributed by atoms with Gasteiger partial charge in [0.15, 0.2) is 11.5 Å². The summed E-state index contributed by atoms with van der Waals surface area (Å²) in [6.45, 7) is 7.55. The Bertz CT molecular complexity index is 435. The third-order valence-corrected chi connectivity index (χ3v) is 4.53. The van der Waals surface area contributed by atoms with Crippen LogP contribution in [0.2, 0.25) is 0 Å². The molecule has 0 bridgehead atoms. The van der Waals surface area contributed by atoms with Crippen LogP contribution in [0.4, 0.5) is 0 Å². The fourth-order valence-electron chi connectivity index (χ4n) is 2.61. The molecule has 0 atom stereocenters. The fraction of sp³-hybridized carbons (Fsp3) is 0.647. The summed E-state index contributed by atoms with van der Waals surface area (Å²) in [7, 11) is 0. The summed E-state index contributed by atoms with van der Waals surface area (Å²) in [5.41, 5.74) is 1.27. The van der Waals surface area contributed by atoms with Gasteiger partial charge in [0.2, 0.25) is 0 Å². The minimum Gasteiger partial charge on any atom is -0.486 e. The van der Waals surface area contributed by atoms with Crippen LogP contribution in [0.1, 0.15) is 32.3 Å². The smallest absolute Gasteiger partial charge is 0.161 e. The maximum absolute atomic E-state index is 9.55. The SMILES string of the molecule is CCC(CC)(CO)CNCCc1ccc2c(c1)OCCO2. The lowest BCUT2D eigenvalue weighted by Crippen LogP contribution is -2.37. The summed E-state index contributed by atoms with van der Waals surface area (Å²) in [5, 5.41) is 13.0. The van der Waals surface area contributed by atoms with Crippen LogP contribution in [0.3, 0.4) is 0 Å². The molecular weight excluding hydrogens is 266 g/mol. The van der Waals surface area contributed by atoms with Crippen molar-refractivity contribution in [1.29, 1.82) is 0 Å². The second kappa shape index (κ2) is 7.66. The van der Waals surface area contributed by atoms with Crippen LogP contribution in [0.5, 0.6) is 11.5 Å². The van der Waals surface area contributed by atoms with Crippen molar-refractivity contribution in [2.75, 3.05) is 32.9 Å². The van der Waals surface area contributed by atoms with E-state index in [9.17, 15) is 5.11 Å². The molecule has 4 heteroatoms. The summed E-state index contributed by atoms with van der Waals surface area (Å²) in [6, 6.07) is 6.14. The average Bonchev–Trinajstić information content (AvgIpc) is 2.55. The fourth-order valence-corrected chi connectivity index (χ4v) is 2.61. The zero-order valence-electron chi connectivity index (χ0n) is 13.2. The van der Waals surface area contributed by atoms with Crippen molar-refractivity contribution in [3.05, 3.63) is 23.8 Å². The molecule has 1 heterocycles. The molecule has 1 aliphatic rings. The lowest BCUT2D eigenvalue weighted by Gasteiger charge is -2.29. The molecule has 0 amide bonds. The van der Waals surface area contributed by atoms with Crippen LogP contribution >= 0.6 is 0 Å². The normalized spacial score (nSPS) is 14.2. The zero-order valence-corrected chi connectivity index (χ0v) is 13.2. The summed E-state index contributed by atoms with van der Waals surface area (Å²) < 4.78 is 11.1. The van der Waals surface area contributed by atoms with Crippen LogP contribution < -0.4 is 14.8 Å².